The van der Waals surface area contributed by atoms with Gasteiger partial charge in [-0.25, -0.2) is 0 Å². The van der Waals surface area contributed by atoms with Gasteiger partial charge in [-0.1, -0.05) is 66.7 Å². The number of carbonyl (C=O) groups is 2. The number of hydrogen-bond acceptors (Lipinski definition) is 3. The Kier molecular flexibility index (Phi) is 32.3. The predicted octanol–water partition coefficient (Wildman–Crippen LogP) is 4.97. The van der Waals surface area contributed by atoms with Crippen LogP contribution in [0.2, 0.25) is 0 Å². The summed E-state index contributed by atoms with van der Waals surface area (Å²) in [7, 11) is 2.02. The highest BCUT2D eigenvalue weighted by molar-refractivity contribution is 5.48. The van der Waals surface area contributed by atoms with Crippen LogP contribution >= 0.6 is 0 Å². The Morgan fingerprint density at radius 3 is 1.92 bits per heavy atom. The van der Waals surface area contributed by atoms with E-state index in [2.05, 4.69) is 38.3 Å². The fraction of sp³-hybridized carbons (Fsp3) is 0.905. The van der Waals surface area contributed by atoms with Gasteiger partial charge in [0.2, 0.25) is 6.41 Å². The quantitative estimate of drug-likeness (QED) is 0.340. The van der Waals surface area contributed by atoms with Crippen molar-refractivity contribution in [3.05, 3.63) is 0 Å². The Morgan fingerprint density at radius 1 is 0.880 bits per heavy atom. The fourth-order valence-electron chi connectivity index (χ4n) is 1.92. The summed E-state index contributed by atoms with van der Waals surface area (Å²) < 4.78 is 0. The first-order valence-corrected chi connectivity index (χ1v) is 10.2. The molecule has 0 aliphatic heterocycles. The number of unbranched alkanes of at least 4 members (excludes halogenated alkanes) is 4. The van der Waals surface area contributed by atoms with Crippen LogP contribution in [-0.2, 0) is 9.59 Å². The van der Waals surface area contributed by atoms with Crippen molar-refractivity contribution in [1.29, 1.82) is 0 Å². The SMILES string of the molecule is CCC(C)CCNC=O.CCCC=O.CNCCCCCCC(C)C. The fourth-order valence-corrected chi connectivity index (χ4v) is 1.92. The highest BCUT2D eigenvalue weighted by Gasteiger charge is 1.95. The first kappa shape index (κ1) is 28.9. The van der Waals surface area contributed by atoms with Gasteiger partial charge in [0.1, 0.15) is 6.29 Å². The Bertz CT molecular complexity index is 246. The summed E-state index contributed by atoms with van der Waals surface area (Å²) in [5, 5.41) is 5.80. The normalized spacial score (nSPS) is 10.8. The highest BCUT2D eigenvalue weighted by atomic mass is 16.1. The highest BCUT2D eigenvalue weighted by Crippen LogP contribution is 2.08. The lowest BCUT2D eigenvalue weighted by atomic mass is 10.0. The van der Waals surface area contributed by atoms with Crippen molar-refractivity contribution in [2.45, 2.75) is 92.4 Å². The Morgan fingerprint density at radius 2 is 1.52 bits per heavy atom. The summed E-state index contributed by atoms with van der Waals surface area (Å²) in [6.07, 6.45) is 12.6. The number of hydrogen-bond donors (Lipinski definition) is 2. The molecule has 0 radical (unpaired) electrons. The molecular formula is C21H46N2O2. The van der Waals surface area contributed by atoms with Crippen LogP contribution in [0.25, 0.3) is 0 Å². The van der Waals surface area contributed by atoms with E-state index in [1.54, 1.807) is 0 Å². The molecule has 152 valence electrons. The lowest BCUT2D eigenvalue weighted by Crippen LogP contribution is -2.14. The third kappa shape index (κ3) is 39.7. The number of amides is 1. The van der Waals surface area contributed by atoms with E-state index in [0.29, 0.717) is 6.42 Å². The van der Waals surface area contributed by atoms with Crippen LogP contribution in [0, 0.1) is 11.8 Å². The van der Waals surface area contributed by atoms with E-state index < -0.39 is 0 Å². The second kappa shape index (κ2) is 27.9. The summed E-state index contributed by atoms with van der Waals surface area (Å²) in [6.45, 7) is 12.9. The zero-order valence-corrected chi connectivity index (χ0v) is 17.9. The van der Waals surface area contributed by atoms with E-state index in [0.717, 1.165) is 43.9 Å². The molecule has 0 aromatic rings. The zero-order valence-electron chi connectivity index (χ0n) is 17.9. The molecule has 0 aromatic heterocycles. The molecular weight excluding hydrogens is 312 g/mol. The molecule has 1 amide bonds. The van der Waals surface area contributed by atoms with Crippen LogP contribution < -0.4 is 10.6 Å². The first-order valence-electron chi connectivity index (χ1n) is 10.2. The number of aldehydes is 1. The average Bonchev–Trinajstić information content (AvgIpc) is 2.59. The van der Waals surface area contributed by atoms with E-state index in [1.165, 1.54) is 45.1 Å². The van der Waals surface area contributed by atoms with Gasteiger partial charge in [-0.15, -0.1) is 0 Å². The van der Waals surface area contributed by atoms with Gasteiger partial charge in [0.05, 0.1) is 0 Å². The zero-order chi connectivity index (χ0) is 19.8. The summed E-state index contributed by atoms with van der Waals surface area (Å²) >= 11 is 0. The molecule has 0 saturated carbocycles. The van der Waals surface area contributed by atoms with E-state index in [-0.39, 0.29) is 0 Å². The molecule has 1 atom stereocenters. The van der Waals surface area contributed by atoms with Crippen molar-refractivity contribution in [3.63, 3.8) is 0 Å². The maximum atomic E-state index is 9.76. The van der Waals surface area contributed by atoms with Gasteiger partial charge in [-0.3, -0.25) is 4.79 Å². The molecule has 2 N–H and O–H groups in total. The van der Waals surface area contributed by atoms with E-state index >= 15 is 0 Å². The number of nitrogens with one attached hydrogen (secondary N) is 2. The van der Waals surface area contributed by atoms with E-state index in [9.17, 15) is 9.59 Å². The Balaban J connectivity index is -0.000000311. The predicted molar refractivity (Wildman–Crippen MR) is 111 cm³/mol. The van der Waals surface area contributed by atoms with Crippen LogP contribution in [0.3, 0.4) is 0 Å². The van der Waals surface area contributed by atoms with Crippen LogP contribution in [0.5, 0.6) is 0 Å². The molecule has 1 unspecified atom stereocenters. The smallest absolute Gasteiger partial charge is 0.207 e. The molecule has 0 bridgehead atoms. The molecule has 0 aliphatic rings. The number of rotatable bonds is 14. The minimum absolute atomic E-state index is 0.708. The van der Waals surface area contributed by atoms with Crippen molar-refractivity contribution >= 4 is 12.7 Å². The summed E-state index contributed by atoms with van der Waals surface area (Å²) in [5.74, 6) is 1.62. The van der Waals surface area contributed by atoms with Gasteiger partial charge >= 0.3 is 0 Å². The summed E-state index contributed by atoms with van der Waals surface area (Å²) in [6, 6.07) is 0. The van der Waals surface area contributed by atoms with Crippen LogP contribution in [0.4, 0.5) is 0 Å². The molecule has 0 aliphatic carbocycles. The molecule has 0 heterocycles. The third-order valence-corrected chi connectivity index (χ3v) is 3.93. The lowest BCUT2D eigenvalue weighted by Gasteiger charge is -2.05. The lowest BCUT2D eigenvalue weighted by molar-refractivity contribution is -0.109. The van der Waals surface area contributed by atoms with Crippen LogP contribution in [0.1, 0.15) is 92.4 Å². The monoisotopic (exact) mass is 358 g/mol. The number of carbonyl (C=O) groups excluding carboxylic acids is 2. The van der Waals surface area contributed by atoms with Gasteiger partial charge in [-0.05, 0) is 44.7 Å². The molecule has 0 rings (SSSR count). The van der Waals surface area contributed by atoms with Crippen LogP contribution in [-0.4, -0.2) is 32.8 Å². The topological polar surface area (TPSA) is 58.2 Å². The van der Waals surface area contributed by atoms with E-state index in [1.807, 2.05) is 14.0 Å². The van der Waals surface area contributed by atoms with Crippen molar-refractivity contribution < 1.29 is 9.59 Å². The molecule has 0 aromatic carbocycles. The van der Waals surface area contributed by atoms with Gasteiger partial charge in [-0.2, -0.15) is 0 Å². The van der Waals surface area contributed by atoms with Crippen molar-refractivity contribution in [3.8, 4) is 0 Å². The molecule has 4 heteroatoms. The van der Waals surface area contributed by atoms with Crippen molar-refractivity contribution in [2.75, 3.05) is 20.1 Å². The maximum Gasteiger partial charge on any atom is 0.207 e. The van der Waals surface area contributed by atoms with E-state index in [4.69, 9.17) is 0 Å². The Hall–Kier alpha value is -0.900. The van der Waals surface area contributed by atoms with Gasteiger partial charge in [0.15, 0.2) is 0 Å². The average molecular weight is 359 g/mol. The third-order valence-electron chi connectivity index (χ3n) is 3.93. The van der Waals surface area contributed by atoms with Crippen molar-refractivity contribution in [2.24, 2.45) is 11.8 Å². The molecule has 0 fully saturated rings. The molecule has 25 heavy (non-hydrogen) atoms. The Labute approximate surface area is 157 Å². The van der Waals surface area contributed by atoms with Crippen LogP contribution in [0.15, 0.2) is 0 Å². The summed E-state index contributed by atoms with van der Waals surface area (Å²) in [4.78, 5) is 19.2. The van der Waals surface area contributed by atoms with Gasteiger partial charge < -0.3 is 15.4 Å². The minimum Gasteiger partial charge on any atom is -0.359 e. The van der Waals surface area contributed by atoms with Gasteiger partial charge in [0.25, 0.3) is 0 Å². The summed E-state index contributed by atoms with van der Waals surface area (Å²) in [5.41, 5.74) is 0. The minimum atomic E-state index is 0.708. The maximum absolute atomic E-state index is 9.76. The largest absolute Gasteiger partial charge is 0.359 e. The van der Waals surface area contributed by atoms with Crippen molar-refractivity contribution in [1.82, 2.24) is 10.6 Å². The second-order valence-electron chi connectivity index (χ2n) is 7.03. The second-order valence-corrected chi connectivity index (χ2v) is 7.03. The molecule has 0 spiro atoms. The standard InChI is InChI=1S/C10H23N.C7H15NO.C4H8O/c1-10(2)8-6-4-5-7-9-11-3;1-3-7(2)4-5-8-6-9;1-2-3-4-5/h10-11H,4-9H2,1-3H3;6-7H,3-5H2,1-2H3,(H,8,9);4H,2-3H2,1H3. The van der Waals surface area contributed by atoms with Gasteiger partial charge in [0, 0.05) is 13.0 Å². The molecule has 0 saturated heterocycles. The molecule has 4 nitrogen and oxygen atoms in total. The first-order chi connectivity index (χ1) is 12.0.